The number of nitrogens with one attached hydrogen (secondary N) is 1. The molecule has 26 heavy (non-hydrogen) atoms. The Bertz CT molecular complexity index is 563. The Morgan fingerprint density at radius 2 is 2.12 bits per heavy atom. The molecule has 0 spiro atoms. The van der Waals surface area contributed by atoms with E-state index in [2.05, 4.69) is 20.2 Å². The number of ether oxygens (including phenoxy) is 1. The summed E-state index contributed by atoms with van der Waals surface area (Å²) in [6.07, 6.45) is 5.58. The van der Waals surface area contributed by atoms with Gasteiger partial charge in [-0.3, -0.25) is 19.5 Å². The summed E-state index contributed by atoms with van der Waals surface area (Å²) in [5.41, 5.74) is 0.306. The van der Waals surface area contributed by atoms with Crippen molar-refractivity contribution in [2.75, 3.05) is 45.9 Å². The molecule has 1 unspecified atom stereocenters. The molecule has 1 aliphatic rings. The first-order chi connectivity index (χ1) is 12.6. The van der Waals surface area contributed by atoms with Crippen molar-refractivity contribution in [3.8, 4) is 0 Å². The highest BCUT2D eigenvalue weighted by Crippen LogP contribution is 2.09. The van der Waals surface area contributed by atoms with E-state index in [4.69, 9.17) is 4.74 Å². The van der Waals surface area contributed by atoms with E-state index in [9.17, 15) is 9.59 Å². The van der Waals surface area contributed by atoms with E-state index in [1.807, 2.05) is 13.8 Å². The van der Waals surface area contributed by atoms with E-state index in [-0.39, 0.29) is 24.3 Å². The van der Waals surface area contributed by atoms with Gasteiger partial charge in [0.1, 0.15) is 5.69 Å². The maximum Gasteiger partial charge on any atom is 0.274 e. The molecule has 1 aromatic rings. The van der Waals surface area contributed by atoms with E-state index in [1.165, 1.54) is 18.6 Å². The Balaban J connectivity index is 1.78. The van der Waals surface area contributed by atoms with Crippen LogP contribution in [0.5, 0.6) is 0 Å². The van der Waals surface area contributed by atoms with E-state index in [0.29, 0.717) is 18.8 Å². The smallest absolute Gasteiger partial charge is 0.274 e. The van der Waals surface area contributed by atoms with Gasteiger partial charge in [0.15, 0.2) is 0 Å². The average molecular weight is 363 g/mol. The molecule has 1 aromatic heterocycles. The Labute approximate surface area is 154 Å². The zero-order valence-electron chi connectivity index (χ0n) is 15.7. The van der Waals surface area contributed by atoms with Crippen molar-refractivity contribution in [3.63, 3.8) is 0 Å². The molecule has 1 aliphatic heterocycles. The fraction of sp³-hybridized carbons (Fsp3) is 0.667. The summed E-state index contributed by atoms with van der Waals surface area (Å²) in [6.45, 7) is 9.12. The summed E-state index contributed by atoms with van der Waals surface area (Å²) in [5.74, 6) is -0.230. The molecule has 144 valence electrons. The minimum absolute atomic E-state index is 0.0330. The molecule has 0 aromatic carbocycles. The van der Waals surface area contributed by atoms with Gasteiger partial charge in [-0.2, -0.15) is 0 Å². The van der Waals surface area contributed by atoms with Crippen LogP contribution in [-0.4, -0.2) is 83.6 Å². The van der Waals surface area contributed by atoms with Gasteiger partial charge in [0.05, 0.1) is 19.4 Å². The molecule has 1 atom stereocenters. The third kappa shape index (κ3) is 6.34. The number of nitrogens with zero attached hydrogens (tertiary/aromatic N) is 4. The van der Waals surface area contributed by atoms with Crippen LogP contribution in [0.15, 0.2) is 18.6 Å². The molecule has 1 saturated heterocycles. The molecule has 2 amide bonds. The number of hydrogen-bond donors (Lipinski definition) is 1. The number of amides is 2. The lowest BCUT2D eigenvalue weighted by Crippen LogP contribution is -2.43. The maximum atomic E-state index is 12.7. The van der Waals surface area contributed by atoms with Crippen LogP contribution in [0.25, 0.3) is 0 Å². The van der Waals surface area contributed by atoms with Crippen LogP contribution < -0.4 is 5.32 Å². The fourth-order valence-electron chi connectivity index (χ4n) is 2.79. The van der Waals surface area contributed by atoms with Crippen molar-refractivity contribution < 1.29 is 14.3 Å². The standard InChI is InChI=1S/C18H29N5O3/c1-3-15(2)23(18(25)16-14-19-5-6-20-16)8-4-17(24)21-7-9-22-10-12-26-13-11-22/h5-6,14-15H,3-4,7-13H2,1-2H3,(H,21,24). The highest BCUT2D eigenvalue weighted by atomic mass is 16.5. The Hall–Kier alpha value is -2.06. The van der Waals surface area contributed by atoms with Gasteiger partial charge in [-0.05, 0) is 13.3 Å². The minimum Gasteiger partial charge on any atom is -0.379 e. The van der Waals surface area contributed by atoms with Crippen molar-refractivity contribution in [1.82, 2.24) is 25.1 Å². The van der Waals surface area contributed by atoms with Gasteiger partial charge in [-0.15, -0.1) is 0 Å². The fourth-order valence-corrected chi connectivity index (χ4v) is 2.79. The van der Waals surface area contributed by atoms with Crippen molar-refractivity contribution in [2.24, 2.45) is 0 Å². The molecular formula is C18H29N5O3. The van der Waals surface area contributed by atoms with Crippen LogP contribution in [0.3, 0.4) is 0 Å². The first-order valence-electron chi connectivity index (χ1n) is 9.25. The van der Waals surface area contributed by atoms with Crippen LogP contribution >= 0.6 is 0 Å². The largest absolute Gasteiger partial charge is 0.379 e. The molecule has 0 bridgehead atoms. The molecule has 2 rings (SSSR count). The second kappa shape index (κ2) is 10.8. The summed E-state index contributed by atoms with van der Waals surface area (Å²) >= 11 is 0. The topological polar surface area (TPSA) is 87.7 Å². The average Bonchev–Trinajstić information content (AvgIpc) is 2.69. The summed E-state index contributed by atoms with van der Waals surface area (Å²) in [6, 6.07) is 0.0330. The molecule has 1 fully saturated rings. The number of carbonyl (C=O) groups excluding carboxylic acids is 2. The molecule has 1 N–H and O–H groups in total. The van der Waals surface area contributed by atoms with Crippen molar-refractivity contribution in [2.45, 2.75) is 32.7 Å². The second-order valence-corrected chi connectivity index (χ2v) is 6.40. The molecule has 8 heteroatoms. The number of aromatic nitrogens is 2. The summed E-state index contributed by atoms with van der Waals surface area (Å²) in [7, 11) is 0. The van der Waals surface area contributed by atoms with Gasteiger partial charge in [-0.1, -0.05) is 6.92 Å². The number of carbonyl (C=O) groups is 2. The highest BCUT2D eigenvalue weighted by molar-refractivity contribution is 5.92. The van der Waals surface area contributed by atoms with E-state index in [1.54, 1.807) is 4.90 Å². The van der Waals surface area contributed by atoms with Gasteiger partial charge in [-0.25, -0.2) is 4.98 Å². The SMILES string of the molecule is CCC(C)N(CCC(=O)NCCN1CCOCC1)C(=O)c1cnccn1. The number of hydrogen-bond acceptors (Lipinski definition) is 6. The lowest BCUT2D eigenvalue weighted by molar-refractivity contribution is -0.121. The predicted octanol–water partition coefficient (Wildman–Crippen LogP) is 0.556. The van der Waals surface area contributed by atoms with Crippen LogP contribution in [-0.2, 0) is 9.53 Å². The monoisotopic (exact) mass is 363 g/mol. The zero-order valence-corrected chi connectivity index (χ0v) is 15.7. The third-order valence-corrected chi connectivity index (χ3v) is 4.60. The Kier molecular flexibility index (Phi) is 8.43. The lowest BCUT2D eigenvalue weighted by atomic mass is 10.2. The molecule has 0 radical (unpaired) electrons. The summed E-state index contributed by atoms with van der Waals surface area (Å²) in [5, 5.41) is 2.93. The quantitative estimate of drug-likeness (QED) is 0.690. The minimum atomic E-state index is -0.187. The molecule has 0 aliphatic carbocycles. The van der Waals surface area contributed by atoms with Gasteiger partial charge in [0.2, 0.25) is 5.91 Å². The van der Waals surface area contributed by atoms with E-state index in [0.717, 1.165) is 39.3 Å². The van der Waals surface area contributed by atoms with E-state index >= 15 is 0 Å². The van der Waals surface area contributed by atoms with Gasteiger partial charge >= 0.3 is 0 Å². The normalized spacial score (nSPS) is 16.1. The lowest BCUT2D eigenvalue weighted by Gasteiger charge is -2.28. The molecular weight excluding hydrogens is 334 g/mol. The molecule has 0 saturated carbocycles. The zero-order chi connectivity index (χ0) is 18.8. The second-order valence-electron chi connectivity index (χ2n) is 6.40. The maximum absolute atomic E-state index is 12.7. The van der Waals surface area contributed by atoms with Crippen molar-refractivity contribution >= 4 is 11.8 Å². The number of morpholine rings is 1. The van der Waals surface area contributed by atoms with Crippen LogP contribution in [0.4, 0.5) is 0 Å². The summed E-state index contributed by atoms with van der Waals surface area (Å²) < 4.78 is 5.31. The highest BCUT2D eigenvalue weighted by Gasteiger charge is 2.22. The first kappa shape index (κ1) is 20.3. The van der Waals surface area contributed by atoms with Crippen LogP contribution in [0, 0.1) is 0 Å². The third-order valence-electron chi connectivity index (χ3n) is 4.60. The van der Waals surface area contributed by atoms with Crippen molar-refractivity contribution in [3.05, 3.63) is 24.3 Å². The Morgan fingerprint density at radius 1 is 1.35 bits per heavy atom. The predicted molar refractivity (Wildman–Crippen MR) is 97.7 cm³/mol. The number of rotatable bonds is 9. The first-order valence-corrected chi connectivity index (χ1v) is 9.25. The molecule has 2 heterocycles. The van der Waals surface area contributed by atoms with Gasteiger partial charge in [0.25, 0.3) is 5.91 Å². The van der Waals surface area contributed by atoms with E-state index < -0.39 is 0 Å². The van der Waals surface area contributed by atoms with Crippen LogP contribution in [0.2, 0.25) is 0 Å². The molecule has 8 nitrogen and oxygen atoms in total. The van der Waals surface area contributed by atoms with Crippen LogP contribution in [0.1, 0.15) is 37.2 Å². The Morgan fingerprint density at radius 3 is 2.77 bits per heavy atom. The summed E-state index contributed by atoms with van der Waals surface area (Å²) in [4.78, 5) is 36.8. The van der Waals surface area contributed by atoms with Gasteiger partial charge in [0, 0.05) is 57.6 Å². The van der Waals surface area contributed by atoms with Crippen molar-refractivity contribution in [1.29, 1.82) is 0 Å². The van der Waals surface area contributed by atoms with Gasteiger partial charge < -0.3 is 15.0 Å².